The van der Waals surface area contributed by atoms with Gasteiger partial charge in [-0.25, -0.2) is 0 Å². The number of aliphatic hydroxyl groups is 1. The molecule has 2 aromatic rings. The molecule has 0 saturated carbocycles. The summed E-state index contributed by atoms with van der Waals surface area (Å²) in [6.07, 6.45) is 0. The zero-order chi connectivity index (χ0) is 16.1. The fraction of sp³-hybridized carbons (Fsp3) is 0.250. The van der Waals surface area contributed by atoms with E-state index < -0.39 is 0 Å². The molecule has 0 heterocycles. The predicted octanol–water partition coefficient (Wildman–Crippen LogP) is 5.23. The van der Waals surface area contributed by atoms with Crippen LogP contribution in [0.2, 0.25) is 10.0 Å². The van der Waals surface area contributed by atoms with Crippen LogP contribution in [0.25, 0.3) is 0 Å². The summed E-state index contributed by atoms with van der Waals surface area (Å²) in [5.74, 6) is 1.11. The zero-order valence-electron chi connectivity index (χ0n) is 11.9. The molecule has 6 heteroatoms. The molecule has 0 aliphatic heterocycles. The van der Waals surface area contributed by atoms with Gasteiger partial charge in [0.05, 0.1) is 17.7 Å². The van der Waals surface area contributed by atoms with Crippen LogP contribution in [0.3, 0.4) is 0 Å². The lowest BCUT2D eigenvalue weighted by atomic mass is 10.2. The molecule has 0 atom stereocenters. The second kappa shape index (κ2) is 8.06. The lowest BCUT2D eigenvalue weighted by Gasteiger charge is -2.16. The van der Waals surface area contributed by atoms with Crippen molar-refractivity contribution in [3.63, 3.8) is 0 Å². The smallest absolute Gasteiger partial charge is 0.175 e. The van der Waals surface area contributed by atoms with E-state index >= 15 is 0 Å². The van der Waals surface area contributed by atoms with Crippen LogP contribution < -0.4 is 9.47 Å². The highest BCUT2D eigenvalue weighted by molar-refractivity contribution is 9.10. The minimum Gasteiger partial charge on any atom is -0.490 e. The van der Waals surface area contributed by atoms with E-state index in [2.05, 4.69) is 15.9 Å². The highest BCUT2D eigenvalue weighted by atomic mass is 79.9. The number of aliphatic hydroxyl groups excluding tert-OH is 1. The monoisotopic (exact) mass is 404 g/mol. The Labute approximate surface area is 147 Å². The van der Waals surface area contributed by atoms with Crippen LogP contribution >= 0.6 is 39.1 Å². The topological polar surface area (TPSA) is 38.7 Å². The Kier molecular flexibility index (Phi) is 6.38. The van der Waals surface area contributed by atoms with Crippen molar-refractivity contribution < 1.29 is 14.6 Å². The number of hydrogen-bond donors (Lipinski definition) is 1. The van der Waals surface area contributed by atoms with Gasteiger partial charge in [0.2, 0.25) is 0 Å². The van der Waals surface area contributed by atoms with Gasteiger partial charge in [0, 0.05) is 15.6 Å². The van der Waals surface area contributed by atoms with Crippen LogP contribution in [0, 0.1) is 0 Å². The maximum atomic E-state index is 9.27. The van der Waals surface area contributed by atoms with Crippen molar-refractivity contribution >= 4 is 39.1 Å². The Morgan fingerprint density at radius 1 is 1.14 bits per heavy atom. The van der Waals surface area contributed by atoms with Gasteiger partial charge in [0.15, 0.2) is 11.5 Å². The molecule has 0 spiro atoms. The molecule has 0 saturated heterocycles. The van der Waals surface area contributed by atoms with Crippen LogP contribution in [0.5, 0.6) is 11.5 Å². The molecule has 0 amide bonds. The predicted molar refractivity (Wildman–Crippen MR) is 92.0 cm³/mol. The van der Waals surface area contributed by atoms with Gasteiger partial charge in [-0.1, -0.05) is 29.3 Å². The van der Waals surface area contributed by atoms with Crippen LogP contribution in [0.15, 0.2) is 34.8 Å². The molecule has 3 nitrogen and oxygen atoms in total. The lowest BCUT2D eigenvalue weighted by Crippen LogP contribution is -2.02. The number of ether oxygens (including phenoxy) is 2. The summed E-state index contributed by atoms with van der Waals surface area (Å²) < 4.78 is 12.1. The fourth-order valence-corrected chi connectivity index (χ4v) is 3.04. The number of benzene rings is 2. The maximum Gasteiger partial charge on any atom is 0.175 e. The van der Waals surface area contributed by atoms with Crippen molar-refractivity contribution in [1.82, 2.24) is 0 Å². The molecule has 0 aliphatic rings. The first-order valence-corrected chi connectivity index (χ1v) is 8.23. The summed E-state index contributed by atoms with van der Waals surface area (Å²) in [6.45, 7) is 2.52. The third-order valence-corrected chi connectivity index (χ3v) is 4.27. The van der Waals surface area contributed by atoms with Gasteiger partial charge in [-0.05, 0) is 52.7 Å². The summed E-state index contributed by atoms with van der Waals surface area (Å²) in [4.78, 5) is 0. The Hall–Kier alpha value is -0.940. The quantitative estimate of drug-likeness (QED) is 0.715. The lowest BCUT2D eigenvalue weighted by molar-refractivity contribution is 0.262. The largest absolute Gasteiger partial charge is 0.490 e. The first kappa shape index (κ1) is 17.4. The van der Waals surface area contributed by atoms with E-state index in [1.165, 1.54) is 0 Å². The van der Waals surface area contributed by atoms with E-state index in [0.717, 1.165) is 5.56 Å². The van der Waals surface area contributed by atoms with E-state index in [1.807, 2.05) is 6.92 Å². The second-order valence-electron chi connectivity index (χ2n) is 4.48. The van der Waals surface area contributed by atoms with Crippen molar-refractivity contribution in [1.29, 1.82) is 0 Å². The molecule has 118 valence electrons. The van der Waals surface area contributed by atoms with E-state index in [9.17, 15) is 5.11 Å². The normalized spacial score (nSPS) is 10.6. The van der Waals surface area contributed by atoms with Gasteiger partial charge in [-0.15, -0.1) is 0 Å². The third kappa shape index (κ3) is 4.07. The van der Waals surface area contributed by atoms with E-state index in [4.69, 9.17) is 32.7 Å². The summed E-state index contributed by atoms with van der Waals surface area (Å²) >= 11 is 15.7. The zero-order valence-corrected chi connectivity index (χ0v) is 15.0. The Morgan fingerprint density at radius 2 is 1.82 bits per heavy atom. The molecule has 0 fully saturated rings. The minimum absolute atomic E-state index is 0.0741. The summed E-state index contributed by atoms with van der Waals surface area (Å²) in [6, 6.07) is 8.84. The molecule has 1 N–H and O–H groups in total. The van der Waals surface area contributed by atoms with Crippen molar-refractivity contribution in [3.8, 4) is 11.5 Å². The highest BCUT2D eigenvalue weighted by Crippen LogP contribution is 2.38. The molecule has 0 aromatic heterocycles. The fourth-order valence-electron chi connectivity index (χ4n) is 1.93. The second-order valence-corrected chi connectivity index (χ2v) is 6.15. The summed E-state index contributed by atoms with van der Waals surface area (Å²) in [5, 5.41) is 10.4. The van der Waals surface area contributed by atoms with Crippen molar-refractivity contribution in [2.45, 2.75) is 20.1 Å². The molecular formula is C16H15BrCl2O3. The van der Waals surface area contributed by atoms with Gasteiger partial charge in [0.1, 0.15) is 6.61 Å². The Bertz CT molecular complexity index is 642. The maximum absolute atomic E-state index is 9.27. The average Bonchev–Trinajstić information content (AvgIpc) is 2.48. The SMILES string of the molecule is CCOc1cc(CO)cc(Br)c1OCc1c(Cl)cccc1Cl. The van der Waals surface area contributed by atoms with E-state index in [0.29, 0.717) is 38.2 Å². The van der Waals surface area contributed by atoms with Crippen molar-refractivity contribution in [3.05, 3.63) is 56.0 Å². The highest BCUT2D eigenvalue weighted by Gasteiger charge is 2.14. The minimum atomic E-state index is -0.0741. The Balaban J connectivity index is 2.29. The number of hydrogen-bond acceptors (Lipinski definition) is 3. The molecule has 22 heavy (non-hydrogen) atoms. The molecule has 2 rings (SSSR count). The first-order valence-electron chi connectivity index (χ1n) is 6.68. The van der Waals surface area contributed by atoms with E-state index in [1.54, 1.807) is 30.3 Å². The molecule has 2 aromatic carbocycles. The summed E-state index contributed by atoms with van der Waals surface area (Å²) in [7, 11) is 0. The van der Waals surface area contributed by atoms with Crippen molar-refractivity contribution in [2.24, 2.45) is 0 Å². The van der Waals surface area contributed by atoms with Crippen LogP contribution in [-0.2, 0) is 13.2 Å². The summed E-state index contributed by atoms with van der Waals surface area (Å²) in [5.41, 5.74) is 1.45. The van der Waals surface area contributed by atoms with Crippen LogP contribution in [-0.4, -0.2) is 11.7 Å². The number of halogens is 3. The van der Waals surface area contributed by atoms with Gasteiger partial charge in [-0.3, -0.25) is 0 Å². The van der Waals surface area contributed by atoms with Crippen molar-refractivity contribution in [2.75, 3.05) is 6.61 Å². The van der Waals surface area contributed by atoms with Gasteiger partial charge >= 0.3 is 0 Å². The van der Waals surface area contributed by atoms with Crippen LogP contribution in [0.4, 0.5) is 0 Å². The standard InChI is InChI=1S/C16H15BrCl2O3/c1-2-21-15-7-10(8-20)6-12(17)16(15)22-9-11-13(18)4-3-5-14(11)19/h3-7,20H,2,8-9H2,1H3. The number of rotatable bonds is 6. The average molecular weight is 406 g/mol. The van der Waals surface area contributed by atoms with Crippen LogP contribution in [0.1, 0.15) is 18.1 Å². The third-order valence-electron chi connectivity index (χ3n) is 2.97. The Morgan fingerprint density at radius 3 is 2.41 bits per heavy atom. The molecular weight excluding hydrogens is 391 g/mol. The first-order chi connectivity index (χ1) is 10.6. The molecule has 0 radical (unpaired) electrons. The van der Waals surface area contributed by atoms with E-state index in [-0.39, 0.29) is 13.2 Å². The molecule has 0 aliphatic carbocycles. The molecule has 0 unspecified atom stereocenters. The van der Waals surface area contributed by atoms with Gasteiger partial charge in [-0.2, -0.15) is 0 Å². The molecule has 0 bridgehead atoms. The van der Waals surface area contributed by atoms with Gasteiger partial charge < -0.3 is 14.6 Å². The van der Waals surface area contributed by atoms with Gasteiger partial charge in [0.25, 0.3) is 0 Å².